The Kier molecular flexibility index (Phi) is 7.49. The lowest BCUT2D eigenvalue weighted by Crippen LogP contribution is -2.47. The molecule has 9 nitrogen and oxygen atoms in total. The van der Waals surface area contributed by atoms with Crippen LogP contribution in [-0.2, 0) is 22.0 Å². The number of hydrogen-bond acceptors (Lipinski definition) is 7. The lowest BCUT2D eigenvalue weighted by molar-refractivity contribution is 0.152. The second-order valence-corrected chi connectivity index (χ2v) is 13.2. The van der Waals surface area contributed by atoms with Gasteiger partial charge >= 0.3 is 0 Å². The Hall–Kier alpha value is -3.64. The van der Waals surface area contributed by atoms with E-state index in [1.807, 2.05) is 0 Å². The SMILES string of the molecule is CC[C@@H]1CC(C)(C)[C@@](C)(c2cncc(-c3ccn(CCNS(C)(=O)=O)n3)n2)c2nnc(-c3c(F)cccc3F)cc21. The minimum Gasteiger partial charge on any atom is -0.271 e. The van der Waals surface area contributed by atoms with E-state index in [4.69, 9.17) is 4.98 Å². The first-order chi connectivity index (χ1) is 19.3. The van der Waals surface area contributed by atoms with E-state index >= 15 is 0 Å². The van der Waals surface area contributed by atoms with E-state index in [2.05, 4.69) is 52.7 Å². The van der Waals surface area contributed by atoms with Gasteiger partial charge in [-0.25, -0.2) is 26.9 Å². The maximum Gasteiger partial charge on any atom is 0.208 e. The minimum absolute atomic E-state index is 0.115. The number of benzene rings is 1. The van der Waals surface area contributed by atoms with Gasteiger partial charge in [-0.1, -0.05) is 26.8 Å². The number of sulfonamides is 1. The molecule has 0 aliphatic heterocycles. The molecule has 0 bridgehead atoms. The Balaban J connectivity index is 1.56. The summed E-state index contributed by atoms with van der Waals surface area (Å²) in [6.07, 6.45) is 7.85. The van der Waals surface area contributed by atoms with E-state index in [9.17, 15) is 17.2 Å². The van der Waals surface area contributed by atoms with Gasteiger partial charge in [0.05, 0.1) is 47.1 Å². The lowest BCUT2D eigenvalue weighted by Gasteiger charge is -2.50. The van der Waals surface area contributed by atoms with Crippen LogP contribution in [0.5, 0.6) is 0 Å². The topological polar surface area (TPSA) is 116 Å². The van der Waals surface area contributed by atoms with E-state index in [-0.39, 0.29) is 29.1 Å². The number of nitrogens with zero attached hydrogens (tertiary/aromatic N) is 6. The van der Waals surface area contributed by atoms with Crippen LogP contribution in [0.1, 0.15) is 63.4 Å². The molecule has 0 radical (unpaired) electrons. The van der Waals surface area contributed by atoms with Crippen molar-refractivity contribution >= 4 is 10.0 Å². The van der Waals surface area contributed by atoms with Gasteiger partial charge in [0.1, 0.15) is 23.0 Å². The standard InChI is InChI=1S/C29H33F2N7O2S/c1-6-18-15-28(2,3)29(4,27-19(18)14-23(35-36-27)26-20(30)8-7-9-21(26)31)25-17-32-16-24(34-25)22-10-12-38(37-22)13-11-33-41(5,39)40/h7-10,12,14,16-18,33H,6,11,13,15H2,1-5H3/t18-,29+/m1/s1. The third-order valence-electron chi connectivity index (χ3n) is 8.31. The molecule has 0 fully saturated rings. The molecule has 1 aliphatic rings. The van der Waals surface area contributed by atoms with Crippen molar-refractivity contribution in [2.24, 2.45) is 5.41 Å². The predicted octanol–water partition coefficient (Wildman–Crippen LogP) is 4.85. The number of rotatable bonds is 8. The van der Waals surface area contributed by atoms with Gasteiger partial charge in [0.25, 0.3) is 0 Å². The van der Waals surface area contributed by atoms with Gasteiger partial charge in [-0.05, 0) is 60.9 Å². The first-order valence-electron chi connectivity index (χ1n) is 13.5. The van der Waals surface area contributed by atoms with Crippen molar-refractivity contribution in [3.05, 3.63) is 77.5 Å². The largest absolute Gasteiger partial charge is 0.271 e. The molecule has 0 saturated carbocycles. The van der Waals surface area contributed by atoms with Crippen molar-refractivity contribution in [1.82, 2.24) is 34.7 Å². The monoisotopic (exact) mass is 581 g/mol. The van der Waals surface area contributed by atoms with Crippen LogP contribution < -0.4 is 4.72 Å². The summed E-state index contributed by atoms with van der Waals surface area (Å²) < 4.78 is 56.1. The van der Waals surface area contributed by atoms with Crippen molar-refractivity contribution in [3.63, 3.8) is 0 Å². The lowest BCUT2D eigenvalue weighted by atomic mass is 9.54. The van der Waals surface area contributed by atoms with Crippen LogP contribution in [0.15, 0.2) is 48.9 Å². The highest BCUT2D eigenvalue weighted by Gasteiger charge is 2.52. The van der Waals surface area contributed by atoms with Crippen molar-refractivity contribution in [2.75, 3.05) is 12.8 Å². The molecule has 1 N–H and O–H groups in total. The Morgan fingerprint density at radius 2 is 1.78 bits per heavy atom. The van der Waals surface area contributed by atoms with Crippen molar-refractivity contribution in [2.45, 2.75) is 58.4 Å². The van der Waals surface area contributed by atoms with Gasteiger partial charge < -0.3 is 0 Å². The van der Waals surface area contributed by atoms with Crippen LogP contribution in [0, 0.1) is 17.0 Å². The number of fused-ring (bicyclic) bond motifs is 1. The molecule has 1 aliphatic carbocycles. The number of hydrogen-bond donors (Lipinski definition) is 1. The predicted molar refractivity (Wildman–Crippen MR) is 151 cm³/mol. The highest BCUT2D eigenvalue weighted by molar-refractivity contribution is 7.88. The summed E-state index contributed by atoms with van der Waals surface area (Å²) in [5.74, 6) is -1.25. The molecule has 1 aromatic carbocycles. The summed E-state index contributed by atoms with van der Waals surface area (Å²) in [5.41, 5.74) is 2.39. The molecule has 5 rings (SSSR count). The average molecular weight is 582 g/mol. The summed E-state index contributed by atoms with van der Waals surface area (Å²) in [7, 11) is -3.29. The molecule has 0 amide bonds. The first kappa shape index (κ1) is 28.9. The van der Waals surface area contributed by atoms with Crippen LogP contribution in [0.4, 0.5) is 8.78 Å². The summed E-state index contributed by atoms with van der Waals surface area (Å²) in [5, 5.41) is 13.5. The number of halogens is 2. The summed E-state index contributed by atoms with van der Waals surface area (Å²) in [4.78, 5) is 9.49. The van der Waals surface area contributed by atoms with Gasteiger partial charge in [-0.3, -0.25) is 9.67 Å². The Labute approximate surface area is 238 Å². The maximum absolute atomic E-state index is 14.7. The molecule has 3 heterocycles. The molecular formula is C29H33F2N7O2S. The molecule has 41 heavy (non-hydrogen) atoms. The van der Waals surface area contributed by atoms with Crippen molar-refractivity contribution in [1.29, 1.82) is 0 Å². The third-order valence-corrected chi connectivity index (χ3v) is 9.04. The molecular weight excluding hydrogens is 548 g/mol. The summed E-state index contributed by atoms with van der Waals surface area (Å²) in [6, 6.07) is 7.34. The Morgan fingerprint density at radius 1 is 1.05 bits per heavy atom. The molecule has 12 heteroatoms. The Bertz CT molecular complexity index is 1690. The number of nitrogens with one attached hydrogen (secondary N) is 1. The van der Waals surface area contributed by atoms with Gasteiger partial charge in [-0.2, -0.15) is 10.2 Å². The van der Waals surface area contributed by atoms with E-state index < -0.39 is 27.1 Å². The van der Waals surface area contributed by atoms with Gasteiger partial charge in [0.2, 0.25) is 10.0 Å². The smallest absolute Gasteiger partial charge is 0.208 e. The van der Waals surface area contributed by atoms with Crippen LogP contribution in [0.3, 0.4) is 0 Å². The second kappa shape index (κ2) is 10.6. The van der Waals surface area contributed by atoms with Gasteiger partial charge in [-0.15, -0.1) is 5.10 Å². The first-order valence-corrected chi connectivity index (χ1v) is 15.4. The molecule has 0 unspecified atom stereocenters. The highest BCUT2D eigenvalue weighted by atomic mass is 32.2. The van der Waals surface area contributed by atoms with Crippen molar-refractivity contribution in [3.8, 4) is 22.6 Å². The fourth-order valence-electron chi connectivity index (χ4n) is 5.75. The van der Waals surface area contributed by atoms with Crippen LogP contribution in [-0.4, -0.2) is 51.2 Å². The molecule has 4 aromatic rings. The van der Waals surface area contributed by atoms with Gasteiger partial charge in [0, 0.05) is 18.9 Å². The molecule has 3 aromatic heterocycles. The van der Waals surface area contributed by atoms with E-state index in [0.717, 1.165) is 24.7 Å². The molecule has 2 atom stereocenters. The summed E-state index contributed by atoms with van der Waals surface area (Å²) in [6.45, 7) is 9.07. The van der Waals surface area contributed by atoms with E-state index in [0.29, 0.717) is 29.3 Å². The van der Waals surface area contributed by atoms with Gasteiger partial charge in [0.15, 0.2) is 0 Å². The minimum atomic E-state index is -3.29. The van der Waals surface area contributed by atoms with Crippen LogP contribution in [0.2, 0.25) is 0 Å². The fourth-order valence-corrected chi connectivity index (χ4v) is 6.21. The second-order valence-electron chi connectivity index (χ2n) is 11.4. The van der Waals surface area contributed by atoms with Crippen LogP contribution in [0.25, 0.3) is 22.6 Å². The highest BCUT2D eigenvalue weighted by Crippen LogP contribution is 2.56. The summed E-state index contributed by atoms with van der Waals surface area (Å²) >= 11 is 0. The molecule has 0 spiro atoms. The molecule has 216 valence electrons. The van der Waals surface area contributed by atoms with Crippen molar-refractivity contribution < 1.29 is 17.2 Å². The van der Waals surface area contributed by atoms with E-state index in [1.165, 1.54) is 18.2 Å². The normalized spacial score (nSPS) is 20.1. The quantitative estimate of drug-likeness (QED) is 0.316. The third kappa shape index (κ3) is 5.38. The zero-order valence-corrected chi connectivity index (χ0v) is 24.5. The zero-order valence-electron chi connectivity index (χ0n) is 23.7. The Morgan fingerprint density at radius 3 is 2.46 bits per heavy atom. The fraction of sp³-hybridized carbons (Fsp3) is 0.414. The zero-order chi connectivity index (χ0) is 29.6. The van der Waals surface area contributed by atoms with E-state index in [1.54, 1.807) is 35.4 Å². The average Bonchev–Trinajstić information content (AvgIpc) is 3.39. The number of aromatic nitrogens is 6. The molecule has 0 saturated heterocycles. The maximum atomic E-state index is 14.7. The van der Waals surface area contributed by atoms with Crippen LogP contribution >= 0.6 is 0 Å².